The van der Waals surface area contributed by atoms with E-state index in [0.717, 1.165) is 5.56 Å². The zero-order chi connectivity index (χ0) is 15.2. The van der Waals surface area contributed by atoms with Crippen molar-refractivity contribution in [3.8, 4) is 6.07 Å². The van der Waals surface area contributed by atoms with E-state index in [2.05, 4.69) is 5.32 Å². The van der Waals surface area contributed by atoms with Gasteiger partial charge in [0.2, 0.25) is 0 Å². The summed E-state index contributed by atoms with van der Waals surface area (Å²) in [6.07, 6.45) is 0.305. The van der Waals surface area contributed by atoms with Crippen molar-refractivity contribution < 1.29 is 9.72 Å². The van der Waals surface area contributed by atoms with Crippen molar-refractivity contribution in [2.45, 2.75) is 6.42 Å². The molecule has 2 aromatic carbocycles. The molecule has 0 aliphatic carbocycles. The number of nitro groups is 1. The SMILES string of the molecule is N#CCc1ccc(NC(=O)c2cccc([N+](=O)[O-])c2)cc1. The van der Waals surface area contributed by atoms with Crippen LogP contribution in [0.1, 0.15) is 15.9 Å². The van der Waals surface area contributed by atoms with Crippen molar-refractivity contribution in [1.29, 1.82) is 5.26 Å². The molecule has 0 saturated carbocycles. The van der Waals surface area contributed by atoms with Gasteiger partial charge in [-0.2, -0.15) is 5.26 Å². The molecule has 2 aromatic rings. The van der Waals surface area contributed by atoms with Gasteiger partial charge in [-0.3, -0.25) is 14.9 Å². The van der Waals surface area contributed by atoms with E-state index < -0.39 is 10.8 Å². The Bertz CT molecular complexity index is 718. The third-order valence-electron chi connectivity index (χ3n) is 2.81. The lowest BCUT2D eigenvalue weighted by molar-refractivity contribution is -0.384. The number of benzene rings is 2. The monoisotopic (exact) mass is 281 g/mol. The van der Waals surface area contributed by atoms with Gasteiger partial charge in [0, 0.05) is 23.4 Å². The zero-order valence-corrected chi connectivity index (χ0v) is 10.9. The quantitative estimate of drug-likeness (QED) is 0.688. The van der Waals surface area contributed by atoms with Gasteiger partial charge in [-0.05, 0) is 23.8 Å². The molecule has 0 atom stereocenters. The first-order valence-corrected chi connectivity index (χ1v) is 6.12. The Hall–Kier alpha value is -3.20. The van der Waals surface area contributed by atoms with Gasteiger partial charge in [0.15, 0.2) is 0 Å². The number of nitrogens with zero attached hydrogens (tertiary/aromatic N) is 2. The van der Waals surface area contributed by atoms with Crippen LogP contribution in [0.3, 0.4) is 0 Å². The molecular weight excluding hydrogens is 270 g/mol. The number of carbonyl (C=O) groups excluding carboxylic acids is 1. The van der Waals surface area contributed by atoms with Crippen LogP contribution in [0.5, 0.6) is 0 Å². The van der Waals surface area contributed by atoms with Crippen LogP contribution >= 0.6 is 0 Å². The second-order valence-corrected chi connectivity index (χ2v) is 4.29. The molecule has 0 spiro atoms. The van der Waals surface area contributed by atoms with E-state index >= 15 is 0 Å². The Labute approximate surface area is 120 Å². The Morgan fingerprint density at radius 3 is 2.57 bits per heavy atom. The molecule has 0 saturated heterocycles. The Kier molecular flexibility index (Phi) is 4.26. The first-order valence-electron chi connectivity index (χ1n) is 6.12. The number of rotatable bonds is 4. The number of hydrogen-bond donors (Lipinski definition) is 1. The van der Waals surface area contributed by atoms with Gasteiger partial charge in [-0.1, -0.05) is 18.2 Å². The molecule has 6 nitrogen and oxygen atoms in total. The van der Waals surface area contributed by atoms with Crippen molar-refractivity contribution in [1.82, 2.24) is 0 Å². The van der Waals surface area contributed by atoms with Crippen LogP contribution in [0.25, 0.3) is 0 Å². The maximum atomic E-state index is 12.0. The topological polar surface area (TPSA) is 96.0 Å². The second kappa shape index (κ2) is 6.30. The first kappa shape index (κ1) is 14.2. The molecule has 0 aliphatic heterocycles. The molecule has 0 aliphatic rings. The molecule has 0 unspecified atom stereocenters. The van der Waals surface area contributed by atoms with Crippen LogP contribution in [0.15, 0.2) is 48.5 Å². The zero-order valence-electron chi connectivity index (χ0n) is 10.9. The Morgan fingerprint density at radius 1 is 1.24 bits per heavy atom. The lowest BCUT2D eigenvalue weighted by Gasteiger charge is -2.05. The summed E-state index contributed by atoms with van der Waals surface area (Å²) in [4.78, 5) is 22.1. The van der Waals surface area contributed by atoms with Crippen molar-refractivity contribution in [2.75, 3.05) is 5.32 Å². The minimum absolute atomic E-state index is 0.132. The summed E-state index contributed by atoms with van der Waals surface area (Å²) in [5.41, 5.74) is 1.50. The second-order valence-electron chi connectivity index (χ2n) is 4.29. The van der Waals surface area contributed by atoms with E-state index in [1.165, 1.54) is 24.3 Å². The average molecular weight is 281 g/mol. The van der Waals surface area contributed by atoms with Crippen molar-refractivity contribution in [2.24, 2.45) is 0 Å². The van der Waals surface area contributed by atoms with Gasteiger partial charge in [0.25, 0.3) is 11.6 Å². The summed E-state index contributed by atoms with van der Waals surface area (Å²) in [6, 6.07) is 14.4. The van der Waals surface area contributed by atoms with E-state index in [9.17, 15) is 14.9 Å². The summed E-state index contributed by atoms with van der Waals surface area (Å²) in [5.74, 6) is -0.424. The fourth-order valence-electron chi connectivity index (χ4n) is 1.76. The predicted molar refractivity (Wildman–Crippen MR) is 76.8 cm³/mol. The molecule has 0 bridgehead atoms. The lowest BCUT2D eigenvalue weighted by Crippen LogP contribution is -2.12. The normalized spacial score (nSPS) is 9.67. The molecule has 0 radical (unpaired) electrons. The average Bonchev–Trinajstić information content (AvgIpc) is 2.49. The molecule has 0 fully saturated rings. The highest BCUT2D eigenvalue weighted by Crippen LogP contribution is 2.15. The fourth-order valence-corrected chi connectivity index (χ4v) is 1.76. The van der Waals surface area contributed by atoms with Crippen molar-refractivity contribution >= 4 is 17.3 Å². The summed E-state index contributed by atoms with van der Waals surface area (Å²) in [5, 5.41) is 21.9. The van der Waals surface area contributed by atoms with E-state index in [-0.39, 0.29) is 11.3 Å². The number of amides is 1. The minimum Gasteiger partial charge on any atom is -0.322 e. The van der Waals surface area contributed by atoms with E-state index in [1.54, 1.807) is 24.3 Å². The van der Waals surface area contributed by atoms with Gasteiger partial charge in [0.1, 0.15) is 0 Å². The van der Waals surface area contributed by atoms with Gasteiger partial charge >= 0.3 is 0 Å². The van der Waals surface area contributed by atoms with Crippen LogP contribution < -0.4 is 5.32 Å². The largest absolute Gasteiger partial charge is 0.322 e. The number of nitro benzene ring substituents is 1. The first-order chi connectivity index (χ1) is 10.1. The highest BCUT2D eigenvalue weighted by atomic mass is 16.6. The van der Waals surface area contributed by atoms with E-state index in [0.29, 0.717) is 12.1 Å². The van der Waals surface area contributed by atoms with Gasteiger partial charge < -0.3 is 5.32 Å². The van der Waals surface area contributed by atoms with Crippen LogP contribution in [-0.4, -0.2) is 10.8 Å². The maximum absolute atomic E-state index is 12.0. The summed E-state index contributed by atoms with van der Waals surface area (Å²) < 4.78 is 0. The van der Waals surface area contributed by atoms with E-state index in [1.807, 2.05) is 6.07 Å². The van der Waals surface area contributed by atoms with Crippen LogP contribution in [0.2, 0.25) is 0 Å². The van der Waals surface area contributed by atoms with Gasteiger partial charge in [-0.25, -0.2) is 0 Å². The third-order valence-corrected chi connectivity index (χ3v) is 2.81. The molecule has 2 rings (SSSR count). The Morgan fingerprint density at radius 2 is 1.95 bits per heavy atom. The third kappa shape index (κ3) is 3.64. The van der Waals surface area contributed by atoms with Gasteiger partial charge in [0.05, 0.1) is 17.4 Å². The molecule has 1 N–H and O–H groups in total. The molecule has 6 heteroatoms. The van der Waals surface area contributed by atoms with Crippen molar-refractivity contribution in [3.63, 3.8) is 0 Å². The summed E-state index contributed by atoms with van der Waals surface area (Å²) in [6.45, 7) is 0. The maximum Gasteiger partial charge on any atom is 0.270 e. The lowest BCUT2D eigenvalue weighted by atomic mass is 10.1. The number of hydrogen-bond acceptors (Lipinski definition) is 4. The van der Waals surface area contributed by atoms with Gasteiger partial charge in [-0.15, -0.1) is 0 Å². The highest BCUT2D eigenvalue weighted by Gasteiger charge is 2.11. The van der Waals surface area contributed by atoms with Crippen LogP contribution in [0.4, 0.5) is 11.4 Å². The van der Waals surface area contributed by atoms with Crippen LogP contribution in [-0.2, 0) is 6.42 Å². The number of non-ortho nitro benzene ring substituents is 1. The molecule has 0 heterocycles. The molecule has 1 amide bonds. The standard InChI is InChI=1S/C15H11N3O3/c16-9-8-11-4-6-13(7-5-11)17-15(19)12-2-1-3-14(10-12)18(20)21/h1-7,10H,8H2,(H,17,19). The number of carbonyl (C=O) groups is 1. The molecular formula is C15H11N3O3. The predicted octanol–water partition coefficient (Wildman–Crippen LogP) is 2.91. The number of nitriles is 1. The fraction of sp³-hybridized carbons (Fsp3) is 0.0667. The molecule has 21 heavy (non-hydrogen) atoms. The summed E-state index contributed by atoms with van der Waals surface area (Å²) >= 11 is 0. The highest BCUT2D eigenvalue weighted by molar-refractivity contribution is 6.04. The van der Waals surface area contributed by atoms with E-state index in [4.69, 9.17) is 5.26 Å². The Balaban J connectivity index is 2.12. The molecule has 104 valence electrons. The van der Waals surface area contributed by atoms with Crippen LogP contribution in [0, 0.1) is 21.4 Å². The molecule has 0 aromatic heterocycles. The summed E-state index contributed by atoms with van der Waals surface area (Å²) in [7, 11) is 0. The van der Waals surface area contributed by atoms with Crippen molar-refractivity contribution in [3.05, 3.63) is 69.8 Å². The number of nitrogens with one attached hydrogen (secondary N) is 1. The number of anilines is 1. The minimum atomic E-state index is -0.548. The smallest absolute Gasteiger partial charge is 0.270 e.